The van der Waals surface area contributed by atoms with Crippen molar-refractivity contribution in [3.63, 3.8) is 0 Å². The molecule has 0 aromatic heterocycles. The molecule has 1 atom stereocenters. The summed E-state index contributed by atoms with van der Waals surface area (Å²) in [6, 6.07) is 19.4. The number of anilines is 1. The fourth-order valence-electron chi connectivity index (χ4n) is 2.17. The van der Waals surface area contributed by atoms with E-state index in [9.17, 15) is 0 Å². The van der Waals surface area contributed by atoms with Crippen molar-refractivity contribution in [2.45, 2.75) is 16.6 Å². The Kier molecular flexibility index (Phi) is 3.06. The third kappa shape index (κ3) is 2.32. The number of nitrogens with one attached hydrogen (secondary N) is 1. The maximum atomic E-state index is 3.50. The summed E-state index contributed by atoms with van der Waals surface area (Å²) in [5.74, 6) is 0. The smallest absolute Gasteiger partial charge is 0.0478 e. The van der Waals surface area contributed by atoms with Crippen molar-refractivity contribution in [1.82, 2.24) is 0 Å². The first kappa shape index (κ1) is 10.7. The number of hydrogen-bond donors (Lipinski definition) is 1. The Morgan fingerprint density at radius 2 is 1.71 bits per heavy atom. The van der Waals surface area contributed by atoms with E-state index in [0.29, 0.717) is 5.25 Å². The summed E-state index contributed by atoms with van der Waals surface area (Å²) in [6.07, 6.45) is 1.17. The maximum absolute atomic E-state index is 3.50. The van der Waals surface area contributed by atoms with Gasteiger partial charge in [0.1, 0.15) is 0 Å². The van der Waals surface area contributed by atoms with Gasteiger partial charge in [0, 0.05) is 22.4 Å². The van der Waals surface area contributed by atoms with Gasteiger partial charge in [-0.2, -0.15) is 0 Å². The van der Waals surface area contributed by atoms with E-state index in [1.54, 1.807) is 0 Å². The molecule has 1 aliphatic rings. The van der Waals surface area contributed by atoms with Crippen LogP contribution < -0.4 is 5.32 Å². The summed E-state index contributed by atoms with van der Waals surface area (Å²) < 4.78 is 0. The summed E-state index contributed by atoms with van der Waals surface area (Å²) in [5, 5.41) is 4.07. The average molecular weight is 241 g/mol. The molecule has 0 saturated heterocycles. The second-order valence-corrected chi connectivity index (χ2v) is 5.47. The molecule has 0 fully saturated rings. The number of rotatable bonds is 1. The van der Waals surface area contributed by atoms with Crippen molar-refractivity contribution < 1.29 is 0 Å². The standard InChI is InChI=1S/C15H15NS/c1-2-6-12(7-3-1)14-10-11-16-13-8-4-5-9-15(13)17-14/h1-9,14,16H,10-11H2/t14-/m1/s1. The van der Waals surface area contributed by atoms with Crippen molar-refractivity contribution in [3.05, 3.63) is 60.2 Å². The Balaban J connectivity index is 1.91. The largest absolute Gasteiger partial charge is 0.384 e. The summed E-state index contributed by atoms with van der Waals surface area (Å²) in [5.41, 5.74) is 2.70. The third-order valence-electron chi connectivity index (χ3n) is 3.05. The zero-order chi connectivity index (χ0) is 11.5. The van der Waals surface area contributed by atoms with Crippen LogP contribution in [0.15, 0.2) is 59.5 Å². The fourth-order valence-corrected chi connectivity index (χ4v) is 3.43. The van der Waals surface area contributed by atoms with Crippen LogP contribution in [-0.2, 0) is 0 Å². The molecule has 1 N–H and O–H groups in total. The first-order valence-corrected chi connectivity index (χ1v) is 6.86. The van der Waals surface area contributed by atoms with Crippen molar-refractivity contribution in [2.75, 3.05) is 11.9 Å². The van der Waals surface area contributed by atoms with Crippen molar-refractivity contribution in [1.29, 1.82) is 0 Å². The fraction of sp³-hybridized carbons (Fsp3) is 0.200. The van der Waals surface area contributed by atoms with Crippen LogP contribution in [0, 0.1) is 0 Å². The van der Waals surface area contributed by atoms with Gasteiger partial charge < -0.3 is 5.32 Å². The van der Waals surface area contributed by atoms with E-state index >= 15 is 0 Å². The van der Waals surface area contributed by atoms with Gasteiger partial charge in [-0.15, -0.1) is 11.8 Å². The van der Waals surface area contributed by atoms with Gasteiger partial charge in [-0.25, -0.2) is 0 Å². The van der Waals surface area contributed by atoms with Gasteiger partial charge in [0.15, 0.2) is 0 Å². The van der Waals surface area contributed by atoms with Crippen LogP contribution >= 0.6 is 11.8 Å². The molecule has 0 radical (unpaired) electrons. The number of benzene rings is 2. The Morgan fingerprint density at radius 1 is 0.941 bits per heavy atom. The molecule has 0 saturated carbocycles. The Labute approximate surface area is 106 Å². The quantitative estimate of drug-likeness (QED) is 0.797. The Morgan fingerprint density at radius 3 is 2.59 bits per heavy atom. The van der Waals surface area contributed by atoms with Crippen molar-refractivity contribution >= 4 is 17.4 Å². The van der Waals surface area contributed by atoms with E-state index in [1.807, 2.05) is 11.8 Å². The minimum absolute atomic E-state index is 0.562. The number of hydrogen-bond acceptors (Lipinski definition) is 2. The molecule has 1 aliphatic heterocycles. The van der Waals surface area contributed by atoms with Gasteiger partial charge in [0.05, 0.1) is 0 Å². The summed E-state index contributed by atoms with van der Waals surface area (Å²) in [6.45, 7) is 1.05. The molecule has 2 aromatic carbocycles. The molecule has 0 bridgehead atoms. The highest BCUT2D eigenvalue weighted by Gasteiger charge is 2.17. The highest BCUT2D eigenvalue weighted by molar-refractivity contribution is 7.99. The van der Waals surface area contributed by atoms with Crippen LogP contribution in [0.4, 0.5) is 5.69 Å². The zero-order valence-electron chi connectivity index (χ0n) is 9.60. The number of para-hydroxylation sites is 1. The van der Waals surface area contributed by atoms with Crippen LogP contribution in [0.25, 0.3) is 0 Å². The van der Waals surface area contributed by atoms with E-state index in [2.05, 4.69) is 59.9 Å². The first-order chi connectivity index (χ1) is 8.43. The SMILES string of the molecule is c1ccc([C@H]2CCNc3ccccc3S2)cc1. The average Bonchev–Trinajstić information content (AvgIpc) is 2.62. The van der Waals surface area contributed by atoms with Gasteiger partial charge in [-0.05, 0) is 24.1 Å². The minimum atomic E-state index is 0.562. The molecule has 0 spiro atoms. The minimum Gasteiger partial charge on any atom is -0.384 e. The van der Waals surface area contributed by atoms with Crippen LogP contribution in [0.1, 0.15) is 17.2 Å². The Bertz CT molecular complexity index is 495. The third-order valence-corrected chi connectivity index (χ3v) is 4.45. The predicted molar refractivity (Wildman–Crippen MR) is 74.6 cm³/mol. The Hall–Kier alpha value is -1.41. The second-order valence-electron chi connectivity index (χ2n) is 4.23. The number of thioether (sulfide) groups is 1. The predicted octanol–water partition coefficient (Wildman–Crippen LogP) is 4.34. The van der Waals surface area contributed by atoms with Crippen molar-refractivity contribution in [3.8, 4) is 0 Å². The molecule has 86 valence electrons. The molecule has 0 amide bonds. The summed E-state index contributed by atoms with van der Waals surface area (Å²) >= 11 is 1.97. The lowest BCUT2D eigenvalue weighted by atomic mass is 10.1. The van der Waals surface area contributed by atoms with Gasteiger partial charge in [0.2, 0.25) is 0 Å². The maximum Gasteiger partial charge on any atom is 0.0478 e. The normalized spacial score (nSPS) is 18.9. The van der Waals surface area contributed by atoms with E-state index in [1.165, 1.54) is 22.6 Å². The molecule has 2 aromatic rings. The molecule has 1 nitrogen and oxygen atoms in total. The summed E-state index contributed by atoms with van der Waals surface area (Å²) in [4.78, 5) is 1.36. The van der Waals surface area contributed by atoms with Crippen LogP contribution in [-0.4, -0.2) is 6.54 Å². The van der Waals surface area contributed by atoms with Gasteiger partial charge in [0.25, 0.3) is 0 Å². The molecule has 1 heterocycles. The second kappa shape index (κ2) is 4.84. The molecule has 3 rings (SSSR count). The zero-order valence-corrected chi connectivity index (χ0v) is 10.4. The van der Waals surface area contributed by atoms with E-state index in [-0.39, 0.29) is 0 Å². The van der Waals surface area contributed by atoms with Crippen LogP contribution in [0.3, 0.4) is 0 Å². The lowest BCUT2D eigenvalue weighted by molar-refractivity contribution is 0.850. The molecular weight excluding hydrogens is 226 g/mol. The molecular formula is C15H15NS. The molecule has 0 aliphatic carbocycles. The van der Waals surface area contributed by atoms with Crippen LogP contribution in [0.5, 0.6) is 0 Å². The molecule has 0 unspecified atom stereocenters. The van der Waals surface area contributed by atoms with Crippen molar-refractivity contribution in [2.24, 2.45) is 0 Å². The van der Waals surface area contributed by atoms with Gasteiger partial charge in [-0.1, -0.05) is 42.5 Å². The lowest BCUT2D eigenvalue weighted by Gasteiger charge is -2.13. The van der Waals surface area contributed by atoms with Gasteiger partial charge in [-0.3, -0.25) is 0 Å². The van der Waals surface area contributed by atoms with Gasteiger partial charge >= 0.3 is 0 Å². The highest BCUT2D eigenvalue weighted by atomic mass is 32.2. The van der Waals surface area contributed by atoms with E-state index in [0.717, 1.165) is 6.54 Å². The lowest BCUT2D eigenvalue weighted by Crippen LogP contribution is -2.02. The topological polar surface area (TPSA) is 12.0 Å². The number of fused-ring (bicyclic) bond motifs is 1. The monoisotopic (exact) mass is 241 g/mol. The van der Waals surface area contributed by atoms with Crippen LogP contribution in [0.2, 0.25) is 0 Å². The first-order valence-electron chi connectivity index (χ1n) is 5.98. The molecule has 2 heteroatoms. The van der Waals surface area contributed by atoms with E-state index in [4.69, 9.17) is 0 Å². The molecule has 17 heavy (non-hydrogen) atoms. The highest BCUT2D eigenvalue weighted by Crippen LogP contribution is 2.42. The summed E-state index contributed by atoms with van der Waals surface area (Å²) in [7, 11) is 0. The van der Waals surface area contributed by atoms with E-state index < -0.39 is 0 Å².